The molecule has 1 atom stereocenters. The molecule has 0 aliphatic carbocycles. The summed E-state index contributed by atoms with van der Waals surface area (Å²) in [7, 11) is 3.72. The van der Waals surface area contributed by atoms with Gasteiger partial charge in [0.2, 0.25) is 0 Å². The molecule has 5 heteroatoms. The number of esters is 1. The van der Waals surface area contributed by atoms with Crippen molar-refractivity contribution in [3.8, 4) is 0 Å². The third kappa shape index (κ3) is 2.46. The average molecular weight is 261 g/mol. The third-order valence-corrected chi connectivity index (χ3v) is 3.27. The first-order chi connectivity index (χ1) is 9.08. The number of nitrogens with one attached hydrogen (secondary N) is 1. The van der Waals surface area contributed by atoms with Gasteiger partial charge < -0.3 is 14.6 Å². The van der Waals surface area contributed by atoms with Crippen molar-refractivity contribution in [1.29, 1.82) is 0 Å². The Bertz CT molecular complexity index is 604. The molecule has 1 aromatic carbocycles. The van der Waals surface area contributed by atoms with Gasteiger partial charge in [0.05, 0.1) is 17.6 Å². The molecule has 0 spiro atoms. The Balaban J connectivity index is 2.41. The van der Waals surface area contributed by atoms with Crippen molar-refractivity contribution in [3.05, 3.63) is 29.6 Å². The van der Waals surface area contributed by atoms with Crippen molar-refractivity contribution >= 4 is 17.0 Å². The number of aromatic nitrogens is 2. The van der Waals surface area contributed by atoms with Gasteiger partial charge in [0, 0.05) is 7.05 Å². The van der Waals surface area contributed by atoms with Gasteiger partial charge in [-0.3, -0.25) is 0 Å². The molecule has 0 aliphatic rings. The van der Waals surface area contributed by atoms with Crippen LogP contribution in [0.1, 0.15) is 24.4 Å². The Morgan fingerprint density at radius 3 is 2.89 bits per heavy atom. The van der Waals surface area contributed by atoms with E-state index in [1.165, 1.54) is 0 Å². The van der Waals surface area contributed by atoms with Gasteiger partial charge in [0.1, 0.15) is 11.9 Å². The predicted octanol–water partition coefficient (Wildman–Crippen LogP) is 1.71. The first-order valence-corrected chi connectivity index (χ1v) is 6.35. The topological polar surface area (TPSA) is 56.1 Å². The van der Waals surface area contributed by atoms with E-state index in [2.05, 4.69) is 10.3 Å². The average Bonchev–Trinajstić information content (AvgIpc) is 2.66. The van der Waals surface area contributed by atoms with E-state index >= 15 is 0 Å². The van der Waals surface area contributed by atoms with Crippen LogP contribution in [0.5, 0.6) is 0 Å². The van der Waals surface area contributed by atoms with Gasteiger partial charge in [-0.15, -0.1) is 0 Å². The smallest absolute Gasteiger partial charge is 0.327 e. The Hall–Kier alpha value is -1.88. The van der Waals surface area contributed by atoms with E-state index in [0.717, 1.165) is 22.4 Å². The second kappa shape index (κ2) is 5.40. The molecule has 0 fully saturated rings. The second-order valence-corrected chi connectivity index (χ2v) is 4.44. The fourth-order valence-corrected chi connectivity index (χ4v) is 2.16. The van der Waals surface area contributed by atoms with Crippen molar-refractivity contribution < 1.29 is 9.53 Å². The largest absolute Gasteiger partial charge is 0.465 e. The maximum absolute atomic E-state index is 11.9. The highest BCUT2D eigenvalue weighted by atomic mass is 16.5. The Kier molecular flexibility index (Phi) is 3.85. The standard InChI is InChI=1S/C14H19N3O2/c1-5-19-14(18)13(15-3)10-6-7-12-11(8-10)16-9(2)17(12)4/h6-8,13,15H,5H2,1-4H3. The van der Waals surface area contributed by atoms with Gasteiger partial charge in [-0.05, 0) is 38.6 Å². The first-order valence-electron chi connectivity index (χ1n) is 6.35. The lowest BCUT2D eigenvalue weighted by Gasteiger charge is -2.14. The minimum atomic E-state index is -0.452. The number of ether oxygens (including phenoxy) is 1. The maximum atomic E-state index is 11.9. The van der Waals surface area contributed by atoms with Gasteiger partial charge in [-0.1, -0.05) is 6.07 Å². The summed E-state index contributed by atoms with van der Waals surface area (Å²) in [5.41, 5.74) is 2.81. The number of benzene rings is 1. The van der Waals surface area contributed by atoms with Crippen LogP contribution in [0.4, 0.5) is 0 Å². The van der Waals surface area contributed by atoms with Gasteiger partial charge in [0.15, 0.2) is 0 Å². The number of fused-ring (bicyclic) bond motifs is 1. The Morgan fingerprint density at radius 1 is 1.53 bits per heavy atom. The lowest BCUT2D eigenvalue weighted by atomic mass is 10.1. The number of carbonyl (C=O) groups excluding carboxylic acids is 1. The molecule has 0 amide bonds. The highest BCUT2D eigenvalue weighted by Crippen LogP contribution is 2.21. The van der Waals surface area contributed by atoms with E-state index in [4.69, 9.17) is 4.74 Å². The monoisotopic (exact) mass is 261 g/mol. The molecule has 0 aliphatic heterocycles. The number of likely N-dealkylation sites (N-methyl/N-ethyl adjacent to an activating group) is 1. The molecule has 19 heavy (non-hydrogen) atoms. The summed E-state index contributed by atoms with van der Waals surface area (Å²) < 4.78 is 7.09. The van der Waals surface area contributed by atoms with Crippen molar-refractivity contribution in [2.45, 2.75) is 19.9 Å². The quantitative estimate of drug-likeness (QED) is 0.851. The van der Waals surface area contributed by atoms with Crippen molar-refractivity contribution in [2.24, 2.45) is 7.05 Å². The molecule has 5 nitrogen and oxygen atoms in total. The zero-order valence-electron chi connectivity index (χ0n) is 11.7. The summed E-state index contributed by atoms with van der Waals surface area (Å²) in [5.74, 6) is 0.682. The van der Waals surface area contributed by atoms with E-state index in [1.807, 2.05) is 36.7 Å². The van der Waals surface area contributed by atoms with Crippen LogP contribution in [-0.4, -0.2) is 29.2 Å². The van der Waals surface area contributed by atoms with E-state index in [1.54, 1.807) is 14.0 Å². The summed E-state index contributed by atoms with van der Waals surface area (Å²) in [5, 5.41) is 2.98. The summed E-state index contributed by atoms with van der Waals surface area (Å²) in [6.07, 6.45) is 0. The van der Waals surface area contributed by atoms with Crippen LogP contribution in [0.25, 0.3) is 11.0 Å². The van der Waals surface area contributed by atoms with Gasteiger partial charge in [-0.2, -0.15) is 0 Å². The van der Waals surface area contributed by atoms with Crippen LogP contribution in [0, 0.1) is 6.92 Å². The number of hydrogen-bond acceptors (Lipinski definition) is 4. The minimum Gasteiger partial charge on any atom is -0.465 e. The van der Waals surface area contributed by atoms with E-state index in [9.17, 15) is 4.79 Å². The summed E-state index contributed by atoms with van der Waals surface area (Å²) in [4.78, 5) is 16.4. The van der Waals surface area contributed by atoms with E-state index < -0.39 is 6.04 Å². The lowest BCUT2D eigenvalue weighted by Crippen LogP contribution is -2.27. The van der Waals surface area contributed by atoms with Crippen LogP contribution in [-0.2, 0) is 16.6 Å². The van der Waals surface area contributed by atoms with Crippen molar-refractivity contribution in [1.82, 2.24) is 14.9 Å². The van der Waals surface area contributed by atoms with Crippen LogP contribution in [0.2, 0.25) is 0 Å². The molecular weight excluding hydrogens is 242 g/mol. The van der Waals surface area contributed by atoms with Gasteiger partial charge in [0.25, 0.3) is 0 Å². The SMILES string of the molecule is CCOC(=O)C(NC)c1ccc2c(c1)nc(C)n2C. The van der Waals surface area contributed by atoms with Crippen LogP contribution in [0.15, 0.2) is 18.2 Å². The minimum absolute atomic E-state index is 0.267. The summed E-state index contributed by atoms with van der Waals surface area (Å²) in [6.45, 7) is 4.14. The molecule has 1 N–H and O–H groups in total. The van der Waals surface area contributed by atoms with Crippen LogP contribution in [0.3, 0.4) is 0 Å². The highest BCUT2D eigenvalue weighted by Gasteiger charge is 2.20. The summed E-state index contributed by atoms with van der Waals surface area (Å²) in [6, 6.07) is 5.39. The first kappa shape index (κ1) is 13.5. The van der Waals surface area contributed by atoms with Crippen molar-refractivity contribution in [2.75, 3.05) is 13.7 Å². The highest BCUT2D eigenvalue weighted by molar-refractivity contribution is 5.82. The normalized spacial score (nSPS) is 12.6. The molecule has 0 saturated heterocycles. The molecule has 2 rings (SSSR count). The second-order valence-electron chi connectivity index (χ2n) is 4.44. The van der Waals surface area contributed by atoms with E-state index in [0.29, 0.717) is 6.61 Å². The third-order valence-electron chi connectivity index (χ3n) is 3.27. The molecule has 1 heterocycles. The number of nitrogens with zero attached hydrogens (tertiary/aromatic N) is 2. The zero-order chi connectivity index (χ0) is 14.0. The molecular formula is C14H19N3O2. The van der Waals surface area contributed by atoms with Gasteiger partial charge >= 0.3 is 5.97 Å². The summed E-state index contributed by atoms with van der Waals surface area (Å²) >= 11 is 0. The molecule has 0 saturated carbocycles. The number of rotatable bonds is 4. The van der Waals surface area contributed by atoms with Crippen molar-refractivity contribution in [3.63, 3.8) is 0 Å². The number of imidazole rings is 1. The fourth-order valence-electron chi connectivity index (χ4n) is 2.16. The molecule has 2 aromatic rings. The van der Waals surface area contributed by atoms with E-state index in [-0.39, 0.29) is 5.97 Å². The molecule has 102 valence electrons. The van der Waals surface area contributed by atoms with Gasteiger partial charge in [-0.25, -0.2) is 9.78 Å². The number of carbonyl (C=O) groups is 1. The molecule has 1 unspecified atom stereocenters. The fraction of sp³-hybridized carbons (Fsp3) is 0.429. The molecule has 1 aromatic heterocycles. The number of hydrogen-bond donors (Lipinski definition) is 1. The Labute approximate surface area is 112 Å². The van der Waals surface area contributed by atoms with Crippen LogP contribution < -0.4 is 5.32 Å². The number of aryl methyl sites for hydroxylation is 2. The molecule has 0 bridgehead atoms. The van der Waals surface area contributed by atoms with Crippen LogP contribution >= 0.6 is 0 Å². The Morgan fingerprint density at radius 2 is 2.26 bits per heavy atom. The zero-order valence-corrected chi connectivity index (χ0v) is 11.7. The maximum Gasteiger partial charge on any atom is 0.327 e. The molecule has 0 radical (unpaired) electrons. The predicted molar refractivity (Wildman–Crippen MR) is 73.9 cm³/mol. The lowest BCUT2D eigenvalue weighted by molar-refractivity contribution is -0.145.